The van der Waals surface area contributed by atoms with E-state index >= 15 is 0 Å². The topological polar surface area (TPSA) is 105 Å². The minimum Gasteiger partial charge on any atom is -0.378 e. The van der Waals surface area contributed by atoms with Crippen molar-refractivity contribution < 1.29 is 22.7 Å². The molecule has 2 amide bonds. The highest BCUT2D eigenvalue weighted by Crippen LogP contribution is 2.21. The van der Waals surface area contributed by atoms with Crippen molar-refractivity contribution in [2.75, 3.05) is 36.3 Å². The van der Waals surface area contributed by atoms with Crippen molar-refractivity contribution in [3.63, 3.8) is 0 Å². The second-order valence-electron chi connectivity index (χ2n) is 7.90. The summed E-state index contributed by atoms with van der Waals surface area (Å²) in [6.07, 6.45) is 0. The van der Waals surface area contributed by atoms with Crippen LogP contribution in [0.25, 0.3) is 0 Å². The minimum atomic E-state index is -3.74. The van der Waals surface area contributed by atoms with Crippen molar-refractivity contribution in [2.45, 2.75) is 11.8 Å². The molecule has 0 saturated carbocycles. The van der Waals surface area contributed by atoms with Gasteiger partial charge in [-0.1, -0.05) is 29.8 Å². The van der Waals surface area contributed by atoms with Gasteiger partial charge in [0.05, 0.1) is 29.4 Å². The number of rotatable bonds is 6. The summed E-state index contributed by atoms with van der Waals surface area (Å²) in [6, 6.07) is 19.5. The highest BCUT2D eigenvalue weighted by molar-refractivity contribution is 7.92. The van der Waals surface area contributed by atoms with Crippen LogP contribution in [-0.2, 0) is 14.8 Å². The summed E-state index contributed by atoms with van der Waals surface area (Å²) in [5.41, 5.74) is 2.43. The lowest BCUT2D eigenvalue weighted by Gasteiger charge is -2.27. The average Bonchev–Trinajstić information content (AvgIpc) is 2.85. The number of hydrogen-bond acceptors (Lipinski definition) is 5. The van der Waals surface area contributed by atoms with E-state index < -0.39 is 15.9 Å². The monoisotopic (exact) mass is 479 g/mol. The third-order valence-corrected chi connectivity index (χ3v) is 6.83. The van der Waals surface area contributed by atoms with Crippen molar-refractivity contribution in [2.24, 2.45) is 0 Å². The van der Waals surface area contributed by atoms with Crippen molar-refractivity contribution in [1.29, 1.82) is 0 Å². The van der Waals surface area contributed by atoms with E-state index in [-0.39, 0.29) is 10.8 Å². The van der Waals surface area contributed by atoms with Crippen molar-refractivity contribution in [3.8, 4) is 0 Å². The normalized spacial score (nSPS) is 13.9. The Morgan fingerprint density at radius 2 is 1.53 bits per heavy atom. The highest BCUT2D eigenvalue weighted by Gasteiger charge is 2.22. The van der Waals surface area contributed by atoms with Crippen LogP contribution < -0.4 is 10.0 Å². The summed E-state index contributed by atoms with van der Waals surface area (Å²) in [7, 11) is -3.74. The third-order valence-electron chi connectivity index (χ3n) is 5.43. The maximum absolute atomic E-state index is 12.9. The fraction of sp³-hybridized carbons (Fsp3) is 0.200. The van der Waals surface area contributed by atoms with Gasteiger partial charge in [-0.15, -0.1) is 0 Å². The van der Waals surface area contributed by atoms with Crippen molar-refractivity contribution >= 4 is 33.2 Å². The van der Waals surface area contributed by atoms with E-state index in [0.29, 0.717) is 48.8 Å². The lowest BCUT2D eigenvalue weighted by atomic mass is 10.1. The van der Waals surface area contributed by atoms with Crippen LogP contribution in [0.5, 0.6) is 0 Å². The molecule has 0 spiro atoms. The third kappa shape index (κ3) is 5.44. The fourth-order valence-electron chi connectivity index (χ4n) is 3.53. The molecule has 9 heteroatoms. The van der Waals surface area contributed by atoms with Crippen LogP contribution in [0.3, 0.4) is 0 Å². The molecular formula is C25H25N3O5S. The molecule has 0 atom stereocenters. The standard InChI is InChI=1S/C25H25N3O5S/c1-18-6-12-21(13-7-18)34(31,32)27-20-10-8-19(9-11-20)24(29)26-23-5-3-2-4-22(23)25(30)28-14-16-33-17-15-28/h2-13,27H,14-17H2,1H3,(H,26,29). The summed E-state index contributed by atoms with van der Waals surface area (Å²) in [5, 5.41) is 2.79. The number of ether oxygens (including phenoxy) is 1. The van der Waals surface area contributed by atoms with Gasteiger partial charge in [0.2, 0.25) is 0 Å². The molecule has 0 radical (unpaired) electrons. The number of anilines is 2. The number of morpholine rings is 1. The number of para-hydroxylation sites is 1. The second kappa shape index (κ2) is 10.1. The molecule has 1 aliphatic heterocycles. The maximum atomic E-state index is 12.9. The zero-order chi connectivity index (χ0) is 24.1. The summed E-state index contributed by atoms with van der Waals surface area (Å²) >= 11 is 0. The molecule has 4 rings (SSSR count). The fourth-order valence-corrected chi connectivity index (χ4v) is 4.59. The number of sulfonamides is 1. The Morgan fingerprint density at radius 1 is 0.882 bits per heavy atom. The van der Waals surface area contributed by atoms with Crippen LogP contribution in [0, 0.1) is 6.92 Å². The predicted octanol–water partition coefficient (Wildman–Crippen LogP) is 3.52. The molecule has 3 aromatic rings. The van der Waals surface area contributed by atoms with Gasteiger partial charge >= 0.3 is 0 Å². The van der Waals surface area contributed by atoms with Gasteiger partial charge in [-0.05, 0) is 55.5 Å². The molecule has 0 aliphatic carbocycles. The zero-order valence-corrected chi connectivity index (χ0v) is 19.5. The number of amides is 2. The van der Waals surface area contributed by atoms with E-state index in [2.05, 4.69) is 10.0 Å². The molecule has 1 heterocycles. The van der Waals surface area contributed by atoms with Gasteiger partial charge in [-0.25, -0.2) is 8.42 Å². The Bertz CT molecular complexity index is 1280. The molecular weight excluding hydrogens is 454 g/mol. The quantitative estimate of drug-likeness (QED) is 0.563. The number of nitrogens with one attached hydrogen (secondary N) is 2. The first-order valence-corrected chi connectivity index (χ1v) is 12.3. The molecule has 0 unspecified atom stereocenters. The number of aryl methyl sites for hydroxylation is 1. The van der Waals surface area contributed by atoms with Gasteiger partial charge in [0.1, 0.15) is 0 Å². The van der Waals surface area contributed by atoms with E-state index in [1.54, 1.807) is 41.3 Å². The van der Waals surface area contributed by atoms with E-state index in [1.807, 2.05) is 6.92 Å². The zero-order valence-electron chi connectivity index (χ0n) is 18.7. The molecule has 1 aliphatic rings. The Kier molecular flexibility index (Phi) is 6.95. The predicted molar refractivity (Wildman–Crippen MR) is 130 cm³/mol. The van der Waals surface area contributed by atoms with Gasteiger partial charge in [-0.2, -0.15) is 0 Å². The van der Waals surface area contributed by atoms with Gasteiger partial charge in [0.15, 0.2) is 0 Å². The molecule has 8 nitrogen and oxygen atoms in total. The first-order valence-electron chi connectivity index (χ1n) is 10.8. The number of carbonyl (C=O) groups is 2. The SMILES string of the molecule is Cc1ccc(S(=O)(=O)Nc2ccc(C(=O)Nc3ccccc3C(=O)N3CCOCC3)cc2)cc1. The smallest absolute Gasteiger partial charge is 0.261 e. The Hall–Kier alpha value is -3.69. The van der Waals surface area contributed by atoms with Crippen LogP contribution in [0.4, 0.5) is 11.4 Å². The molecule has 1 saturated heterocycles. The van der Waals surface area contributed by atoms with Crippen LogP contribution in [-0.4, -0.2) is 51.4 Å². The van der Waals surface area contributed by atoms with Crippen molar-refractivity contribution in [1.82, 2.24) is 4.90 Å². The van der Waals surface area contributed by atoms with Gasteiger partial charge in [0.25, 0.3) is 21.8 Å². The maximum Gasteiger partial charge on any atom is 0.261 e. The van der Waals surface area contributed by atoms with Crippen LogP contribution in [0.15, 0.2) is 77.7 Å². The highest BCUT2D eigenvalue weighted by atomic mass is 32.2. The number of hydrogen-bond donors (Lipinski definition) is 2. The van der Waals surface area contributed by atoms with E-state index in [1.165, 1.54) is 36.4 Å². The summed E-state index contributed by atoms with van der Waals surface area (Å²) in [4.78, 5) is 27.6. The molecule has 0 aromatic heterocycles. The minimum absolute atomic E-state index is 0.154. The van der Waals surface area contributed by atoms with E-state index in [9.17, 15) is 18.0 Å². The lowest BCUT2D eigenvalue weighted by Crippen LogP contribution is -2.41. The molecule has 34 heavy (non-hydrogen) atoms. The molecule has 1 fully saturated rings. The summed E-state index contributed by atoms with van der Waals surface area (Å²) < 4.78 is 33.0. The molecule has 176 valence electrons. The van der Waals surface area contributed by atoms with Gasteiger partial charge in [-0.3, -0.25) is 14.3 Å². The van der Waals surface area contributed by atoms with Gasteiger partial charge in [0, 0.05) is 24.3 Å². The van der Waals surface area contributed by atoms with E-state index in [4.69, 9.17) is 4.74 Å². The van der Waals surface area contributed by atoms with Crippen LogP contribution >= 0.6 is 0 Å². The average molecular weight is 480 g/mol. The second-order valence-corrected chi connectivity index (χ2v) is 9.58. The molecule has 3 aromatic carbocycles. The summed E-state index contributed by atoms with van der Waals surface area (Å²) in [5.74, 6) is -0.574. The number of nitrogens with zero attached hydrogens (tertiary/aromatic N) is 1. The molecule has 0 bridgehead atoms. The van der Waals surface area contributed by atoms with Crippen LogP contribution in [0.2, 0.25) is 0 Å². The Balaban J connectivity index is 1.46. The van der Waals surface area contributed by atoms with Crippen LogP contribution in [0.1, 0.15) is 26.3 Å². The first-order chi connectivity index (χ1) is 16.3. The Labute approximate surface area is 198 Å². The molecule has 2 N–H and O–H groups in total. The van der Waals surface area contributed by atoms with Gasteiger partial charge < -0.3 is 15.0 Å². The Morgan fingerprint density at radius 3 is 2.21 bits per heavy atom. The number of benzene rings is 3. The lowest BCUT2D eigenvalue weighted by molar-refractivity contribution is 0.0303. The van der Waals surface area contributed by atoms with E-state index in [0.717, 1.165) is 5.56 Å². The summed E-state index contributed by atoms with van der Waals surface area (Å²) in [6.45, 7) is 3.85. The number of carbonyl (C=O) groups excluding carboxylic acids is 2. The first kappa shape index (κ1) is 23.5. The largest absolute Gasteiger partial charge is 0.378 e. The van der Waals surface area contributed by atoms with Crippen molar-refractivity contribution in [3.05, 3.63) is 89.5 Å².